The average molecular weight is 427 g/mol. The molecule has 4 rings (SSSR count). The van der Waals surface area contributed by atoms with Gasteiger partial charge < -0.3 is 19.1 Å². The lowest BCUT2D eigenvalue weighted by Crippen LogP contribution is -2.50. The largest absolute Gasteiger partial charge is 0.444 e. The molecule has 0 aliphatic carbocycles. The minimum Gasteiger partial charge on any atom is -0.444 e. The zero-order valence-electron chi connectivity index (χ0n) is 17.6. The number of para-hydroxylation sites is 2. The molecule has 0 saturated carbocycles. The Hall–Kier alpha value is -2.73. The maximum atomic E-state index is 12.4. The molecule has 0 unspecified atom stereocenters. The molecule has 0 bridgehead atoms. The fourth-order valence-corrected chi connectivity index (χ4v) is 3.87. The van der Waals surface area contributed by atoms with Crippen LogP contribution in [0.25, 0.3) is 11.0 Å². The van der Waals surface area contributed by atoms with E-state index in [9.17, 15) is 4.79 Å². The van der Waals surface area contributed by atoms with Crippen molar-refractivity contribution >= 4 is 34.7 Å². The Morgan fingerprint density at radius 3 is 2.40 bits per heavy atom. The van der Waals surface area contributed by atoms with E-state index in [1.54, 1.807) is 4.90 Å². The summed E-state index contributed by atoms with van der Waals surface area (Å²) in [7, 11) is 0. The van der Waals surface area contributed by atoms with Crippen LogP contribution in [0.1, 0.15) is 26.3 Å². The molecule has 1 fully saturated rings. The quantitative estimate of drug-likeness (QED) is 0.603. The van der Waals surface area contributed by atoms with E-state index in [1.807, 2.05) is 63.2 Å². The summed E-state index contributed by atoms with van der Waals surface area (Å²) in [4.78, 5) is 21.3. The van der Waals surface area contributed by atoms with Gasteiger partial charge in [-0.1, -0.05) is 41.9 Å². The Bertz CT molecular complexity index is 1050. The number of hydrogen-bond donors (Lipinski definition) is 0. The Morgan fingerprint density at radius 1 is 1.03 bits per heavy atom. The van der Waals surface area contributed by atoms with Crippen LogP contribution >= 0.6 is 11.6 Å². The first-order chi connectivity index (χ1) is 14.3. The van der Waals surface area contributed by atoms with Crippen LogP contribution in [0.4, 0.5) is 10.7 Å². The van der Waals surface area contributed by atoms with Gasteiger partial charge in [-0.2, -0.15) is 0 Å². The van der Waals surface area contributed by atoms with Crippen LogP contribution in [0.5, 0.6) is 0 Å². The van der Waals surface area contributed by atoms with Gasteiger partial charge in [0.25, 0.3) is 0 Å². The van der Waals surface area contributed by atoms with E-state index in [1.165, 1.54) is 0 Å². The van der Waals surface area contributed by atoms with Crippen LogP contribution in [0.3, 0.4) is 0 Å². The first-order valence-corrected chi connectivity index (χ1v) is 10.6. The van der Waals surface area contributed by atoms with Gasteiger partial charge in [-0.3, -0.25) is 0 Å². The Balaban J connectivity index is 1.58. The molecule has 2 heterocycles. The predicted molar refractivity (Wildman–Crippen MR) is 120 cm³/mol. The van der Waals surface area contributed by atoms with E-state index in [2.05, 4.69) is 15.5 Å². The van der Waals surface area contributed by atoms with E-state index < -0.39 is 5.60 Å². The van der Waals surface area contributed by atoms with Crippen molar-refractivity contribution in [1.82, 2.24) is 14.5 Å². The fraction of sp³-hybridized carbons (Fsp3) is 0.391. The van der Waals surface area contributed by atoms with E-state index in [-0.39, 0.29) is 6.09 Å². The molecular formula is C23H27ClN4O2. The number of halogens is 1. The highest BCUT2D eigenvalue weighted by molar-refractivity contribution is 6.31. The number of anilines is 1. The van der Waals surface area contributed by atoms with Gasteiger partial charge in [-0.25, -0.2) is 9.78 Å². The minimum absolute atomic E-state index is 0.258. The molecule has 6 nitrogen and oxygen atoms in total. The number of imidazole rings is 1. The smallest absolute Gasteiger partial charge is 0.410 e. The number of nitrogens with zero attached hydrogens (tertiary/aromatic N) is 4. The van der Waals surface area contributed by atoms with E-state index in [0.29, 0.717) is 32.7 Å². The number of aromatic nitrogens is 2. The maximum absolute atomic E-state index is 12.4. The van der Waals surface area contributed by atoms with Crippen LogP contribution in [0.15, 0.2) is 48.5 Å². The lowest BCUT2D eigenvalue weighted by molar-refractivity contribution is 0.0240. The van der Waals surface area contributed by atoms with Crippen LogP contribution < -0.4 is 4.90 Å². The topological polar surface area (TPSA) is 50.6 Å². The summed E-state index contributed by atoms with van der Waals surface area (Å²) in [6.07, 6.45) is -0.258. The molecule has 7 heteroatoms. The van der Waals surface area contributed by atoms with E-state index in [0.717, 1.165) is 27.6 Å². The number of fused-ring (bicyclic) bond motifs is 1. The molecule has 158 valence electrons. The van der Waals surface area contributed by atoms with E-state index in [4.69, 9.17) is 21.3 Å². The highest BCUT2D eigenvalue weighted by Gasteiger charge is 2.28. The van der Waals surface area contributed by atoms with Gasteiger partial charge in [0.2, 0.25) is 5.95 Å². The van der Waals surface area contributed by atoms with Gasteiger partial charge in [0.15, 0.2) is 0 Å². The molecule has 1 aliphatic heterocycles. The van der Waals surface area contributed by atoms with Crippen molar-refractivity contribution in [2.75, 3.05) is 31.1 Å². The summed E-state index contributed by atoms with van der Waals surface area (Å²) in [5.41, 5.74) is 2.59. The number of piperazine rings is 1. The van der Waals surface area contributed by atoms with Gasteiger partial charge >= 0.3 is 6.09 Å². The highest BCUT2D eigenvalue weighted by Crippen LogP contribution is 2.27. The van der Waals surface area contributed by atoms with Crippen molar-refractivity contribution < 1.29 is 9.53 Å². The first kappa shape index (κ1) is 20.5. The molecule has 1 amide bonds. The van der Waals surface area contributed by atoms with Crippen LogP contribution in [-0.2, 0) is 11.3 Å². The van der Waals surface area contributed by atoms with Crippen molar-refractivity contribution in [2.45, 2.75) is 32.9 Å². The molecule has 3 aromatic rings. The third-order valence-electron chi connectivity index (χ3n) is 5.13. The number of amides is 1. The molecule has 0 radical (unpaired) electrons. The monoisotopic (exact) mass is 426 g/mol. The zero-order chi connectivity index (χ0) is 21.3. The van der Waals surface area contributed by atoms with Crippen molar-refractivity contribution in [2.24, 2.45) is 0 Å². The minimum atomic E-state index is -0.489. The molecule has 2 aromatic carbocycles. The Labute approximate surface area is 182 Å². The third-order valence-corrected chi connectivity index (χ3v) is 5.50. The fourth-order valence-electron chi connectivity index (χ4n) is 3.67. The summed E-state index contributed by atoms with van der Waals surface area (Å²) in [6.45, 7) is 8.90. The van der Waals surface area contributed by atoms with Crippen molar-refractivity contribution in [1.29, 1.82) is 0 Å². The summed E-state index contributed by atoms with van der Waals surface area (Å²) < 4.78 is 7.72. The average Bonchev–Trinajstić information content (AvgIpc) is 3.07. The summed E-state index contributed by atoms with van der Waals surface area (Å²) in [5, 5.41) is 0.746. The summed E-state index contributed by atoms with van der Waals surface area (Å²) in [6, 6.07) is 16.0. The van der Waals surface area contributed by atoms with Gasteiger partial charge in [0, 0.05) is 31.2 Å². The number of ether oxygens (including phenoxy) is 1. The SMILES string of the molecule is CC(C)(C)OC(=O)N1CCN(c2nc3ccccc3n2Cc2ccccc2Cl)CC1. The summed E-state index contributed by atoms with van der Waals surface area (Å²) in [5.74, 6) is 0.903. The number of hydrogen-bond acceptors (Lipinski definition) is 4. The lowest BCUT2D eigenvalue weighted by atomic mass is 10.2. The number of carbonyl (C=O) groups excluding carboxylic acids is 1. The van der Waals surface area contributed by atoms with Crippen molar-refractivity contribution in [3.63, 3.8) is 0 Å². The normalized spacial score (nSPS) is 14.9. The van der Waals surface area contributed by atoms with Gasteiger partial charge in [0.05, 0.1) is 17.6 Å². The van der Waals surface area contributed by atoms with Crippen LogP contribution in [0, 0.1) is 0 Å². The first-order valence-electron chi connectivity index (χ1n) is 10.2. The van der Waals surface area contributed by atoms with Crippen molar-refractivity contribution in [3.05, 3.63) is 59.1 Å². The molecule has 1 saturated heterocycles. The number of carbonyl (C=O) groups is 1. The zero-order valence-corrected chi connectivity index (χ0v) is 18.4. The van der Waals surface area contributed by atoms with Crippen LogP contribution in [0.2, 0.25) is 5.02 Å². The summed E-state index contributed by atoms with van der Waals surface area (Å²) >= 11 is 6.43. The van der Waals surface area contributed by atoms with Gasteiger partial charge in [0.1, 0.15) is 5.60 Å². The second-order valence-electron chi connectivity index (χ2n) is 8.53. The van der Waals surface area contributed by atoms with Crippen molar-refractivity contribution in [3.8, 4) is 0 Å². The second-order valence-corrected chi connectivity index (χ2v) is 8.94. The lowest BCUT2D eigenvalue weighted by Gasteiger charge is -2.36. The van der Waals surface area contributed by atoms with Gasteiger partial charge in [-0.15, -0.1) is 0 Å². The Morgan fingerprint density at radius 2 is 1.70 bits per heavy atom. The molecule has 0 atom stereocenters. The molecule has 1 aromatic heterocycles. The number of rotatable bonds is 3. The third kappa shape index (κ3) is 4.38. The molecule has 0 spiro atoms. The molecule has 1 aliphatic rings. The molecule has 0 N–H and O–H groups in total. The molecular weight excluding hydrogens is 400 g/mol. The van der Waals surface area contributed by atoms with Gasteiger partial charge in [-0.05, 0) is 44.5 Å². The number of benzene rings is 2. The standard InChI is InChI=1S/C23H27ClN4O2/c1-23(2,3)30-22(29)27-14-12-26(13-15-27)21-25-19-10-6-7-11-20(19)28(21)16-17-8-4-5-9-18(17)24/h4-11H,12-16H2,1-3H3. The highest BCUT2D eigenvalue weighted by atomic mass is 35.5. The second kappa shape index (κ2) is 8.19. The van der Waals surface area contributed by atoms with Crippen LogP contribution in [-0.4, -0.2) is 52.3 Å². The predicted octanol–water partition coefficient (Wildman–Crippen LogP) is 4.80. The molecule has 30 heavy (non-hydrogen) atoms. The Kier molecular flexibility index (Phi) is 5.60. The maximum Gasteiger partial charge on any atom is 0.410 e. The van der Waals surface area contributed by atoms with E-state index >= 15 is 0 Å².